The van der Waals surface area contributed by atoms with Crippen LogP contribution in [0.1, 0.15) is 22.0 Å². The Labute approximate surface area is 139 Å². The van der Waals surface area contributed by atoms with E-state index >= 15 is 0 Å². The number of anilines is 1. The average Bonchev–Trinajstić information content (AvgIpc) is 2.59. The molecule has 1 atom stereocenters. The zero-order chi connectivity index (χ0) is 16.8. The smallest absolute Gasteiger partial charge is 0.332 e. The maximum absolute atomic E-state index is 12.2. The van der Waals surface area contributed by atoms with Crippen LogP contribution < -0.4 is 15.4 Å². The van der Waals surface area contributed by atoms with Crippen LogP contribution in [0.3, 0.4) is 0 Å². The van der Waals surface area contributed by atoms with Gasteiger partial charge in [-0.05, 0) is 29.8 Å². The fraction of sp³-hybridized carbons (Fsp3) is 0.125. The first kappa shape index (κ1) is 16.9. The number of carbonyl (C=O) groups excluding carboxylic acids is 2. The molecule has 0 radical (unpaired) electrons. The lowest BCUT2D eigenvalue weighted by atomic mass is 10.1. The van der Waals surface area contributed by atoms with Gasteiger partial charge < -0.3 is 16.2 Å². The molecule has 0 aliphatic carbocycles. The number of urea groups is 1. The number of amides is 3. The predicted octanol–water partition coefficient (Wildman–Crippen LogP) is 1.88. The summed E-state index contributed by atoms with van der Waals surface area (Å²) < 4.78 is 1.09. The van der Waals surface area contributed by atoms with Crippen molar-refractivity contribution < 1.29 is 14.7 Å². The highest BCUT2D eigenvalue weighted by atomic mass is 32.1. The first-order chi connectivity index (χ1) is 11.0. The van der Waals surface area contributed by atoms with Crippen LogP contribution in [0.2, 0.25) is 0 Å². The van der Waals surface area contributed by atoms with Crippen LogP contribution in [0.15, 0.2) is 54.6 Å². The van der Waals surface area contributed by atoms with Crippen molar-refractivity contribution in [3.05, 3.63) is 65.7 Å². The van der Waals surface area contributed by atoms with Gasteiger partial charge >= 0.3 is 6.03 Å². The lowest BCUT2D eigenvalue weighted by Crippen LogP contribution is -2.38. The lowest BCUT2D eigenvalue weighted by Gasteiger charge is -2.22. The third-order valence-electron chi connectivity index (χ3n) is 3.27. The van der Waals surface area contributed by atoms with E-state index in [9.17, 15) is 14.7 Å². The van der Waals surface area contributed by atoms with Crippen molar-refractivity contribution in [2.24, 2.45) is 5.73 Å². The van der Waals surface area contributed by atoms with E-state index in [-0.39, 0.29) is 6.61 Å². The monoisotopic (exact) mass is 331 g/mol. The van der Waals surface area contributed by atoms with Crippen LogP contribution in [0.4, 0.5) is 10.5 Å². The summed E-state index contributed by atoms with van der Waals surface area (Å²) in [6.07, 6.45) is 0. The van der Waals surface area contributed by atoms with Crippen molar-refractivity contribution in [3.63, 3.8) is 0 Å². The van der Waals surface area contributed by atoms with Crippen LogP contribution >= 0.6 is 12.8 Å². The van der Waals surface area contributed by atoms with Crippen molar-refractivity contribution in [3.8, 4) is 0 Å². The molecule has 0 spiro atoms. The fourth-order valence-corrected chi connectivity index (χ4v) is 2.21. The number of primary amides is 1. The standard InChI is InChI=1S/C16H17N3O3S/c17-15(21)12-6-8-13(9-7-12)19(23)16(22)18-14(10-20)11-4-2-1-3-5-11/h1-9,14,20,23H,10H2,(H2,17,21)(H,18,22). The van der Waals surface area contributed by atoms with Gasteiger partial charge in [0.1, 0.15) is 0 Å². The maximum Gasteiger partial charge on any atom is 0.332 e. The average molecular weight is 331 g/mol. The number of hydrogen-bond acceptors (Lipinski definition) is 4. The molecule has 0 aliphatic heterocycles. The van der Waals surface area contributed by atoms with E-state index in [1.165, 1.54) is 12.1 Å². The van der Waals surface area contributed by atoms with E-state index in [1.54, 1.807) is 12.1 Å². The minimum absolute atomic E-state index is 0.238. The number of rotatable bonds is 5. The quantitative estimate of drug-likeness (QED) is 0.630. The van der Waals surface area contributed by atoms with Gasteiger partial charge in [-0.25, -0.2) is 9.10 Å². The van der Waals surface area contributed by atoms with Gasteiger partial charge in [0.05, 0.1) is 18.3 Å². The molecular weight excluding hydrogens is 314 g/mol. The molecule has 0 heterocycles. The van der Waals surface area contributed by atoms with Gasteiger partial charge in [0, 0.05) is 5.56 Å². The highest BCUT2D eigenvalue weighted by molar-refractivity contribution is 7.82. The molecule has 7 heteroatoms. The van der Waals surface area contributed by atoms with Crippen molar-refractivity contribution in [2.45, 2.75) is 6.04 Å². The molecule has 2 aromatic carbocycles. The molecule has 2 aromatic rings. The Morgan fingerprint density at radius 3 is 2.26 bits per heavy atom. The Bertz CT molecular complexity index is 677. The second kappa shape index (κ2) is 7.66. The van der Waals surface area contributed by atoms with Gasteiger partial charge in [-0.1, -0.05) is 43.1 Å². The second-order valence-corrected chi connectivity index (χ2v) is 5.22. The predicted molar refractivity (Wildman–Crippen MR) is 91.2 cm³/mol. The Morgan fingerprint density at radius 1 is 1.13 bits per heavy atom. The summed E-state index contributed by atoms with van der Waals surface area (Å²) >= 11 is 4.15. The molecule has 4 N–H and O–H groups in total. The summed E-state index contributed by atoms with van der Waals surface area (Å²) in [5, 5.41) is 12.2. The van der Waals surface area contributed by atoms with Crippen molar-refractivity contribution in [1.82, 2.24) is 5.32 Å². The van der Waals surface area contributed by atoms with Gasteiger partial charge in [-0.3, -0.25) is 4.79 Å². The highest BCUT2D eigenvalue weighted by Gasteiger charge is 2.18. The molecule has 0 fully saturated rings. The number of thiol groups is 1. The third-order valence-corrected chi connectivity index (χ3v) is 3.68. The summed E-state index contributed by atoms with van der Waals surface area (Å²) in [5.41, 5.74) is 6.77. The SMILES string of the molecule is NC(=O)c1ccc(N(S)C(=O)NC(CO)c2ccccc2)cc1. The molecule has 2 rings (SSSR count). The molecule has 1 unspecified atom stereocenters. The van der Waals surface area contributed by atoms with Crippen molar-refractivity contribution in [2.75, 3.05) is 10.9 Å². The zero-order valence-corrected chi connectivity index (χ0v) is 13.1. The number of nitrogens with two attached hydrogens (primary N) is 1. The summed E-state index contributed by atoms with van der Waals surface area (Å²) in [5.74, 6) is -0.545. The molecule has 0 aliphatic rings. The minimum Gasteiger partial charge on any atom is -0.394 e. The molecular formula is C16H17N3O3S. The second-order valence-electron chi connectivity index (χ2n) is 4.82. The van der Waals surface area contributed by atoms with Crippen LogP contribution in [0.25, 0.3) is 0 Å². The van der Waals surface area contributed by atoms with Crippen LogP contribution in [-0.2, 0) is 0 Å². The normalized spacial score (nSPS) is 11.6. The Morgan fingerprint density at radius 2 is 1.74 bits per heavy atom. The number of aliphatic hydroxyl groups is 1. The lowest BCUT2D eigenvalue weighted by molar-refractivity contribution is 0.100. The summed E-state index contributed by atoms with van der Waals surface area (Å²) in [4.78, 5) is 23.3. The molecule has 23 heavy (non-hydrogen) atoms. The molecule has 120 valence electrons. The van der Waals surface area contributed by atoms with E-state index in [0.717, 1.165) is 9.87 Å². The van der Waals surface area contributed by atoms with Gasteiger partial charge in [0.25, 0.3) is 0 Å². The van der Waals surface area contributed by atoms with Crippen LogP contribution in [0, 0.1) is 0 Å². The highest BCUT2D eigenvalue weighted by Crippen LogP contribution is 2.19. The van der Waals surface area contributed by atoms with Gasteiger partial charge in [-0.2, -0.15) is 0 Å². The van der Waals surface area contributed by atoms with E-state index in [1.807, 2.05) is 30.3 Å². The first-order valence-electron chi connectivity index (χ1n) is 6.88. The van der Waals surface area contributed by atoms with Crippen molar-refractivity contribution >= 4 is 30.4 Å². The van der Waals surface area contributed by atoms with E-state index in [4.69, 9.17) is 5.73 Å². The Kier molecular flexibility index (Phi) is 5.61. The zero-order valence-electron chi connectivity index (χ0n) is 12.2. The summed E-state index contributed by atoms with van der Waals surface area (Å²) in [6.45, 7) is -0.238. The number of hydrogen-bond donors (Lipinski definition) is 4. The molecule has 6 nitrogen and oxygen atoms in total. The number of benzene rings is 2. The molecule has 0 saturated heterocycles. The number of nitrogens with zero attached hydrogens (tertiary/aromatic N) is 1. The van der Waals surface area contributed by atoms with E-state index < -0.39 is 18.0 Å². The number of carbonyl (C=O) groups is 2. The van der Waals surface area contributed by atoms with Gasteiger partial charge in [-0.15, -0.1) is 0 Å². The fourth-order valence-electron chi connectivity index (χ4n) is 2.01. The largest absolute Gasteiger partial charge is 0.394 e. The topological polar surface area (TPSA) is 95.7 Å². The molecule has 0 saturated carbocycles. The molecule has 3 amide bonds. The van der Waals surface area contributed by atoms with Crippen LogP contribution in [-0.4, -0.2) is 23.7 Å². The molecule has 0 bridgehead atoms. The maximum atomic E-state index is 12.2. The number of aliphatic hydroxyl groups excluding tert-OH is 1. The first-order valence-corrected chi connectivity index (χ1v) is 7.28. The van der Waals surface area contributed by atoms with Crippen molar-refractivity contribution in [1.29, 1.82) is 0 Å². The number of nitrogens with one attached hydrogen (secondary N) is 1. The summed E-state index contributed by atoms with van der Waals surface area (Å²) in [6, 6.07) is 14.2. The van der Waals surface area contributed by atoms with Gasteiger partial charge in [0.2, 0.25) is 5.91 Å². The minimum atomic E-state index is -0.545. The Balaban J connectivity index is 2.08. The molecule has 0 aromatic heterocycles. The van der Waals surface area contributed by atoms with Crippen LogP contribution in [0.5, 0.6) is 0 Å². The Hall–Kier alpha value is -2.51. The van der Waals surface area contributed by atoms with E-state index in [0.29, 0.717) is 11.3 Å². The van der Waals surface area contributed by atoms with Gasteiger partial charge in [0.15, 0.2) is 0 Å². The summed E-state index contributed by atoms with van der Waals surface area (Å²) in [7, 11) is 0. The van der Waals surface area contributed by atoms with E-state index in [2.05, 4.69) is 18.1 Å². The third kappa shape index (κ3) is 4.24.